The molecule has 1 aromatic rings. The maximum Gasteiger partial charge on any atom is 0.326 e. The van der Waals surface area contributed by atoms with Crippen molar-refractivity contribution in [1.82, 2.24) is 9.80 Å². The number of esters is 1. The summed E-state index contributed by atoms with van der Waals surface area (Å²) in [5.74, 6) is -0.918. The Bertz CT molecular complexity index is 667. The number of aryl methyl sites for hydroxylation is 1. The van der Waals surface area contributed by atoms with E-state index in [2.05, 4.69) is 0 Å². The fourth-order valence-electron chi connectivity index (χ4n) is 3.07. The van der Waals surface area contributed by atoms with Crippen LogP contribution in [-0.2, 0) is 25.7 Å². The van der Waals surface area contributed by atoms with Crippen LogP contribution >= 0.6 is 0 Å². The van der Waals surface area contributed by atoms with Crippen LogP contribution in [-0.4, -0.2) is 52.8 Å². The van der Waals surface area contributed by atoms with Crippen LogP contribution in [0.5, 0.6) is 0 Å². The van der Waals surface area contributed by atoms with Gasteiger partial charge in [-0.25, -0.2) is 0 Å². The van der Waals surface area contributed by atoms with Crippen LogP contribution in [0.15, 0.2) is 24.3 Å². The van der Waals surface area contributed by atoms with Crippen molar-refractivity contribution in [3.8, 4) is 0 Å². The van der Waals surface area contributed by atoms with Crippen molar-refractivity contribution < 1.29 is 19.1 Å². The first kappa shape index (κ1) is 19.9. The highest BCUT2D eigenvalue weighted by molar-refractivity contribution is 5.96. The quantitative estimate of drug-likeness (QED) is 0.729. The van der Waals surface area contributed by atoms with Crippen LogP contribution in [0.1, 0.15) is 38.8 Å². The van der Waals surface area contributed by atoms with E-state index in [9.17, 15) is 14.4 Å². The minimum Gasteiger partial charge on any atom is -0.459 e. The maximum atomic E-state index is 12.7. The van der Waals surface area contributed by atoms with Gasteiger partial charge in [0.2, 0.25) is 11.8 Å². The number of piperazine rings is 1. The summed E-state index contributed by atoms with van der Waals surface area (Å²) in [4.78, 5) is 40.5. The molecule has 0 spiro atoms. The van der Waals surface area contributed by atoms with Crippen LogP contribution < -0.4 is 0 Å². The van der Waals surface area contributed by atoms with Gasteiger partial charge in [0.15, 0.2) is 0 Å². The Morgan fingerprint density at radius 2 is 1.77 bits per heavy atom. The van der Waals surface area contributed by atoms with Crippen LogP contribution in [0.3, 0.4) is 0 Å². The lowest BCUT2D eigenvalue weighted by molar-refractivity contribution is -0.164. The Kier molecular flexibility index (Phi) is 6.40. The molecule has 1 heterocycles. The minimum absolute atomic E-state index is 0.00492. The second-order valence-electron chi connectivity index (χ2n) is 7.42. The number of carbonyl (C=O) groups excluding carboxylic acids is 3. The molecule has 0 aliphatic carbocycles. The van der Waals surface area contributed by atoms with E-state index in [0.717, 1.165) is 11.1 Å². The largest absolute Gasteiger partial charge is 0.459 e. The van der Waals surface area contributed by atoms with Gasteiger partial charge in [-0.3, -0.25) is 14.4 Å². The maximum absolute atomic E-state index is 12.7. The second-order valence-corrected chi connectivity index (χ2v) is 7.42. The normalized spacial score (nSPS) is 18.0. The van der Waals surface area contributed by atoms with E-state index in [1.54, 1.807) is 4.90 Å². The molecule has 1 aromatic carbocycles. The van der Waals surface area contributed by atoms with Crippen molar-refractivity contribution in [2.45, 2.75) is 53.3 Å². The summed E-state index contributed by atoms with van der Waals surface area (Å²) in [7, 11) is 0. The highest BCUT2D eigenvalue weighted by atomic mass is 16.5. The molecule has 1 saturated heterocycles. The van der Waals surface area contributed by atoms with Crippen molar-refractivity contribution >= 4 is 17.8 Å². The first-order valence-corrected chi connectivity index (χ1v) is 9.01. The van der Waals surface area contributed by atoms with Gasteiger partial charge in [0.05, 0.1) is 0 Å². The summed E-state index contributed by atoms with van der Waals surface area (Å²) in [6.07, 6.45) is 0. The third-order valence-corrected chi connectivity index (χ3v) is 4.57. The Morgan fingerprint density at radius 1 is 1.15 bits per heavy atom. The van der Waals surface area contributed by atoms with Gasteiger partial charge in [-0.1, -0.05) is 43.7 Å². The summed E-state index contributed by atoms with van der Waals surface area (Å²) in [6, 6.07) is 7.01. The molecule has 0 saturated carbocycles. The predicted octanol–water partition coefficient (Wildman–Crippen LogP) is 2.14. The number of amides is 2. The van der Waals surface area contributed by atoms with Crippen molar-refractivity contribution in [3.63, 3.8) is 0 Å². The van der Waals surface area contributed by atoms with Crippen LogP contribution in [0.4, 0.5) is 0 Å². The number of benzene rings is 1. The second kappa shape index (κ2) is 8.34. The molecule has 1 aliphatic heterocycles. The summed E-state index contributed by atoms with van der Waals surface area (Å²) < 4.78 is 5.30. The number of rotatable bonds is 6. The first-order chi connectivity index (χ1) is 12.2. The van der Waals surface area contributed by atoms with E-state index >= 15 is 0 Å². The number of ether oxygens (including phenoxy) is 1. The van der Waals surface area contributed by atoms with Gasteiger partial charge in [-0.05, 0) is 32.3 Å². The predicted molar refractivity (Wildman–Crippen MR) is 98.2 cm³/mol. The number of carbonyl (C=O) groups is 3. The van der Waals surface area contributed by atoms with E-state index in [4.69, 9.17) is 4.74 Å². The zero-order valence-electron chi connectivity index (χ0n) is 16.2. The molecule has 2 amide bonds. The topological polar surface area (TPSA) is 66.9 Å². The number of nitrogens with zero attached hydrogens (tertiary/aromatic N) is 2. The van der Waals surface area contributed by atoms with Gasteiger partial charge in [-0.15, -0.1) is 0 Å². The van der Waals surface area contributed by atoms with E-state index in [1.165, 1.54) is 4.90 Å². The van der Waals surface area contributed by atoms with E-state index in [-0.39, 0.29) is 43.5 Å². The zero-order chi connectivity index (χ0) is 19.4. The molecular weight excluding hydrogens is 332 g/mol. The molecule has 26 heavy (non-hydrogen) atoms. The van der Waals surface area contributed by atoms with Crippen LogP contribution in [0.25, 0.3) is 0 Å². The van der Waals surface area contributed by atoms with E-state index in [0.29, 0.717) is 0 Å². The van der Waals surface area contributed by atoms with Gasteiger partial charge in [0.1, 0.15) is 25.7 Å². The summed E-state index contributed by atoms with van der Waals surface area (Å²) in [6.45, 7) is 9.47. The average Bonchev–Trinajstić information content (AvgIpc) is 2.56. The van der Waals surface area contributed by atoms with Gasteiger partial charge in [0, 0.05) is 6.04 Å². The fraction of sp³-hybridized carbons (Fsp3) is 0.550. The summed E-state index contributed by atoms with van der Waals surface area (Å²) in [5, 5.41) is 0. The van der Waals surface area contributed by atoms with Crippen LogP contribution in [0.2, 0.25) is 0 Å². The lowest BCUT2D eigenvalue weighted by Crippen LogP contribution is -2.63. The Morgan fingerprint density at radius 3 is 2.31 bits per heavy atom. The molecule has 1 atom stereocenters. The Balaban J connectivity index is 2.03. The molecule has 1 unspecified atom stereocenters. The third kappa shape index (κ3) is 4.62. The molecule has 1 fully saturated rings. The Labute approximate surface area is 155 Å². The number of hydrogen-bond acceptors (Lipinski definition) is 4. The van der Waals surface area contributed by atoms with E-state index in [1.807, 2.05) is 58.9 Å². The molecule has 0 aromatic heterocycles. The summed E-state index contributed by atoms with van der Waals surface area (Å²) >= 11 is 0. The van der Waals surface area contributed by atoms with Gasteiger partial charge < -0.3 is 14.5 Å². The first-order valence-electron chi connectivity index (χ1n) is 9.01. The monoisotopic (exact) mass is 360 g/mol. The van der Waals surface area contributed by atoms with Crippen molar-refractivity contribution in [3.05, 3.63) is 35.4 Å². The molecule has 0 bridgehead atoms. The highest BCUT2D eigenvalue weighted by Crippen LogP contribution is 2.21. The van der Waals surface area contributed by atoms with Gasteiger partial charge in [-0.2, -0.15) is 0 Å². The molecule has 6 nitrogen and oxygen atoms in total. The molecular formula is C20H28N2O4. The van der Waals surface area contributed by atoms with Gasteiger partial charge in [0.25, 0.3) is 0 Å². The van der Waals surface area contributed by atoms with Crippen molar-refractivity contribution in [2.24, 2.45) is 5.92 Å². The smallest absolute Gasteiger partial charge is 0.326 e. The lowest BCUT2D eigenvalue weighted by Gasteiger charge is -2.43. The molecule has 1 aliphatic rings. The van der Waals surface area contributed by atoms with Crippen LogP contribution in [0, 0.1) is 12.8 Å². The molecule has 142 valence electrons. The van der Waals surface area contributed by atoms with Crippen molar-refractivity contribution in [2.75, 3.05) is 13.1 Å². The SMILES string of the molecule is Cc1ccc(COC(=O)CN2C(=O)CN(C(C)C)C(=O)C2C(C)C)cc1. The summed E-state index contributed by atoms with van der Waals surface area (Å²) in [5.41, 5.74) is 2.02. The van der Waals surface area contributed by atoms with Crippen molar-refractivity contribution in [1.29, 1.82) is 0 Å². The molecule has 2 rings (SSSR count). The van der Waals surface area contributed by atoms with E-state index < -0.39 is 12.0 Å². The van der Waals surface area contributed by atoms with Gasteiger partial charge >= 0.3 is 5.97 Å². The standard InChI is InChI=1S/C20H28N2O4/c1-13(2)19-20(25)21(14(3)4)10-17(23)22(19)11-18(24)26-12-16-8-6-15(5)7-9-16/h6-9,13-14,19H,10-12H2,1-5H3. The number of hydrogen-bond donors (Lipinski definition) is 0. The molecule has 0 N–H and O–H groups in total. The lowest BCUT2D eigenvalue weighted by atomic mass is 9.97. The minimum atomic E-state index is -0.634. The Hall–Kier alpha value is -2.37. The molecule has 0 radical (unpaired) electrons. The molecule has 6 heteroatoms. The fourth-order valence-corrected chi connectivity index (χ4v) is 3.07. The highest BCUT2D eigenvalue weighted by Gasteiger charge is 2.42. The zero-order valence-corrected chi connectivity index (χ0v) is 16.2. The average molecular weight is 360 g/mol. The third-order valence-electron chi connectivity index (χ3n) is 4.57.